The summed E-state index contributed by atoms with van der Waals surface area (Å²) in [5.41, 5.74) is 21.0. The van der Waals surface area contributed by atoms with Gasteiger partial charge in [-0.25, -0.2) is 9.97 Å². The molecule has 0 aliphatic carbocycles. The normalized spacial score (nSPS) is 12.9. The van der Waals surface area contributed by atoms with E-state index < -0.39 is 0 Å². The van der Waals surface area contributed by atoms with Crippen molar-refractivity contribution < 1.29 is 4.74 Å². The zero-order valence-electron chi connectivity index (χ0n) is 43.2. The zero-order chi connectivity index (χ0) is 52.7. The Morgan fingerprint density at radius 2 is 0.850 bits per heavy atom. The number of para-hydroxylation sites is 8. The molecule has 80 heavy (non-hydrogen) atoms. The van der Waals surface area contributed by atoms with Gasteiger partial charge in [0.1, 0.15) is 11.5 Å². The average Bonchev–Trinajstić information content (AvgIpc) is 3.61. The summed E-state index contributed by atoms with van der Waals surface area (Å²) in [5.74, 6) is 2.40. The molecule has 0 unspecified atom stereocenters. The Bertz CT molecular complexity index is 4270. The second kappa shape index (κ2) is 18.9. The molecule has 0 saturated carbocycles. The SMILES string of the molecule is c1ccc(N(c2ccccc2)c2cc3c4c(c2)Sc2cc5c(cc2B4c2ccccc2O3)B2c3ccccc3N(c3ccccc3)c3cc(N(c4ccccc4)c4ccccc4)cc(c32)N5c2ccccc2-c2ncccn2)cc1. The highest BCUT2D eigenvalue weighted by atomic mass is 32.2. The zero-order valence-corrected chi connectivity index (χ0v) is 44.0. The van der Waals surface area contributed by atoms with E-state index in [1.807, 2.05) is 30.2 Å². The summed E-state index contributed by atoms with van der Waals surface area (Å²) in [6.07, 6.45) is 3.67. The summed E-state index contributed by atoms with van der Waals surface area (Å²) in [5, 5.41) is 0. The molecule has 0 N–H and O–H groups in total. The number of hydrogen-bond acceptors (Lipinski definition) is 8. The Balaban J connectivity index is 0.996. The van der Waals surface area contributed by atoms with E-state index in [1.54, 1.807) is 0 Å². The number of fused-ring (bicyclic) bond motifs is 8. The molecule has 0 radical (unpaired) electrons. The van der Waals surface area contributed by atoms with Crippen LogP contribution in [-0.2, 0) is 0 Å². The third kappa shape index (κ3) is 7.40. The fraction of sp³-hybridized carbons (Fsp3) is 0. The number of nitrogens with zero attached hydrogens (tertiary/aromatic N) is 6. The summed E-state index contributed by atoms with van der Waals surface area (Å²) >= 11 is 1.84. The second-order valence-corrected chi connectivity index (χ2v) is 21.6. The fourth-order valence-electron chi connectivity index (χ4n) is 12.7. The van der Waals surface area contributed by atoms with Gasteiger partial charge in [-0.15, -0.1) is 0 Å². The third-order valence-corrected chi connectivity index (χ3v) is 17.1. The van der Waals surface area contributed by atoms with Crippen LogP contribution in [0.15, 0.2) is 289 Å². The van der Waals surface area contributed by atoms with Crippen molar-refractivity contribution in [1.29, 1.82) is 0 Å². The third-order valence-electron chi connectivity index (χ3n) is 16.0. The molecule has 16 rings (SSSR count). The molecule has 374 valence electrons. The van der Waals surface area contributed by atoms with Gasteiger partial charge in [0.05, 0.1) is 17.1 Å². The standard InChI is InChI=1S/C70H46B2N6OS/c1-6-23-47(24-7-1)75(48-25-8-2-9-26-48)52-41-62-68-63(42-52)78(59-36-19-16-33-54(59)70-73-39-22-40-74-70)61-46-66-58(45-57(61)71(68)55-34-17-20-37-60(55)77(62)51-31-14-5-15-32-51)72-56-35-18-21-38-64(56)79-65-43-53(44-67(80-66)69(65)72)76(49-27-10-3-11-28-49)50-29-12-4-13-30-50/h1-46H. The van der Waals surface area contributed by atoms with Crippen LogP contribution in [0.2, 0.25) is 0 Å². The first-order valence-corrected chi connectivity index (χ1v) is 27.9. The van der Waals surface area contributed by atoms with Crippen LogP contribution in [0.25, 0.3) is 11.4 Å². The van der Waals surface area contributed by atoms with Crippen molar-refractivity contribution in [2.75, 3.05) is 19.6 Å². The maximum atomic E-state index is 7.08. The summed E-state index contributed by atoms with van der Waals surface area (Å²) < 4.78 is 7.08. The average molecular weight is 1040 g/mol. The lowest BCUT2D eigenvalue weighted by atomic mass is 9.31. The Morgan fingerprint density at radius 3 is 1.49 bits per heavy atom. The van der Waals surface area contributed by atoms with Gasteiger partial charge in [-0.2, -0.15) is 0 Å². The topological polar surface area (TPSA) is 48.0 Å². The lowest BCUT2D eigenvalue weighted by Gasteiger charge is -2.46. The van der Waals surface area contributed by atoms with E-state index in [1.165, 1.54) is 32.2 Å². The van der Waals surface area contributed by atoms with Crippen LogP contribution >= 0.6 is 11.8 Å². The van der Waals surface area contributed by atoms with Crippen molar-refractivity contribution in [3.05, 3.63) is 279 Å². The molecule has 1 aromatic heterocycles. The van der Waals surface area contributed by atoms with Crippen molar-refractivity contribution in [1.82, 2.24) is 9.97 Å². The molecule has 10 heteroatoms. The summed E-state index contributed by atoms with van der Waals surface area (Å²) in [7, 11) is 0. The number of benzene rings is 11. The molecule has 0 spiro atoms. The van der Waals surface area contributed by atoms with Crippen LogP contribution < -0.4 is 57.1 Å². The lowest BCUT2D eigenvalue weighted by molar-refractivity contribution is 0.486. The number of anilines is 12. The van der Waals surface area contributed by atoms with E-state index in [4.69, 9.17) is 14.7 Å². The van der Waals surface area contributed by atoms with Gasteiger partial charge in [0.15, 0.2) is 5.82 Å². The summed E-state index contributed by atoms with van der Waals surface area (Å²) in [6.45, 7) is -0.258. The Morgan fingerprint density at radius 1 is 0.338 bits per heavy atom. The molecule has 11 aromatic carbocycles. The Labute approximate surface area is 469 Å². The van der Waals surface area contributed by atoms with Gasteiger partial charge in [0.25, 0.3) is 13.4 Å². The largest absolute Gasteiger partial charge is 0.458 e. The van der Waals surface area contributed by atoms with Gasteiger partial charge in [-0.3, -0.25) is 0 Å². The highest BCUT2D eigenvalue weighted by Gasteiger charge is 2.47. The fourth-order valence-corrected chi connectivity index (χ4v) is 13.9. The van der Waals surface area contributed by atoms with Crippen LogP contribution in [0.3, 0.4) is 0 Å². The van der Waals surface area contributed by atoms with Gasteiger partial charge < -0.3 is 24.3 Å². The van der Waals surface area contributed by atoms with Crippen molar-refractivity contribution in [2.45, 2.75) is 9.79 Å². The van der Waals surface area contributed by atoms with Gasteiger partial charge in [-0.05, 0) is 143 Å². The number of hydrogen-bond donors (Lipinski definition) is 0. The van der Waals surface area contributed by atoms with Crippen LogP contribution in [0, 0.1) is 0 Å². The molecular formula is C70H46B2N6OS. The molecule has 5 heterocycles. The summed E-state index contributed by atoms with van der Waals surface area (Å²) in [6, 6.07) is 96.3. The van der Waals surface area contributed by atoms with Crippen molar-refractivity contribution in [3.8, 4) is 22.9 Å². The number of aromatic nitrogens is 2. The van der Waals surface area contributed by atoms with E-state index in [0.717, 1.165) is 95.7 Å². The maximum Gasteiger partial charge on any atom is 0.253 e. The van der Waals surface area contributed by atoms with E-state index >= 15 is 0 Å². The van der Waals surface area contributed by atoms with Crippen molar-refractivity contribution in [3.63, 3.8) is 0 Å². The minimum absolute atomic E-state index is 0.103. The highest BCUT2D eigenvalue weighted by Crippen LogP contribution is 2.51. The van der Waals surface area contributed by atoms with Crippen molar-refractivity contribution in [2.24, 2.45) is 0 Å². The van der Waals surface area contributed by atoms with E-state index in [9.17, 15) is 0 Å². The lowest BCUT2D eigenvalue weighted by Crippen LogP contribution is -2.64. The van der Waals surface area contributed by atoms with E-state index in [2.05, 4.69) is 280 Å². The van der Waals surface area contributed by atoms with Crippen LogP contribution in [0.1, 0.15) is 0 Å². The summed E-state index contributed by atoms with van der Waals surface area (Å²) in [4.78, 5) is 21.9. The minimum Gasteiger partial charge on any atom is -0.458 e. The molecule has 7 nitrogen and oxygen atoms in total. The van der Waals surface area contributed by atoms with Crippen LogP contribution in [0.5, 0.6) is 11.5 Å². The Hall–Kier alpha value is -10.0. The van der Waals surface area contributed by atoms with Crippen LogP contribution in [0.4, 0.5) is 68.2 Å². The van der Waals surface area contributed by atoms with Gasteiger partial charge in [0.2, 0.25) is 0 Å². The minimum atomic E-state index is -0.155. The molecule has 0 atom stereocenters. The monoisotopic (exact) mass is 1040 g/mol. The second-order valence-electron chi connectivity index (χ2n) is 20.5. The number of rotatable bonds is 9. The molecular weight excluding hydrogens is 995 g/mol. The molecule has 0 fully saturated rings. The molecule has 12 aromatic rings. The quantitative estimate of drug-likeness (QED) is 0.133. The first-order valence-electron chi connectivity index (χ1n) is 27.1. The number of ether oxygens (including phenoxy) is 1. The highest BCUT2D eigenvalue weighted by molar-refractivity contribution is 8.00. The van der Waals surface area contributed by atoms with E-state index in [-0.39, 0.29) is 13.4 Å². The molecule has 0 amide bonds. The van der Waals surface area contributed by atoms with Crippen molar-refractivity contribution >= 4 is 126 Å². The van der Waals surface area contributed by atoms with Gasteiger partial charge in [-0.1, -0.05) is 163 Å². The van der Waals surface area contributed by atoms with Gasteiger partial charge >= 0.3 is 0 Å². The smallest absolute Gasteiger partial charge is 0.253 e. The predicted molar refractivity (Wildman–Crippen MR) is 333 cm³/mol. The Kier molecular flexibility index (Phi) is 10.9. The molecule has 4 aliphatic heterocycles. The first kappa shape index (κ1) is 46.1. The molecule has 0 bridgehead atoms. The maximum absolute atomic E-state index is 7.08. The van der Waals surface area contributed by atoms with Crippen LogP contribution in [-0.4, -0.2) is 23.4 Å². The molecule has 4 aliphatic rings. The van der Waals surface area contributed by atoms with E-state index in [0.29, 0.717) is 5.82 Å². The first-order chi connectivity index (χ1) is 39.7. The predicted octanol–water partition coefficient (Wildman–Crippen LogP) is 14.3. The van der Waals surface area contributed by atoms with Gasteiger partial charge in [0, 0.05) is 85.0 Å². The molecule has 0 saturated heterocycles.